The number of ether oxygens (including phenoxy) is 2. The van der Waals surface area contributed by atoms with Gasteiger partial charge in [-0.3, -0.25) is 0 Å². The van der Waals surface area contributed by atoms with Crippen LogP contribution in [0.1, 0.15) is 106 Å². The smallest absolute Gasteiger partial charge is 0.431 e. The summed E-state index contributed by atoms with van der Waals surface area (Å²) in [4.78, 5) is 17.2. The van der Waals surface area contributed by atoms with Gasteiger partial charge in [-0.25, -0.2) is 4.79 Å². The molecule has 5 nitrogen and oxygen atoms in total. The van der Waals surface area contributed by atoms with Crippen molar-refractivity contribution in [2.45, 2.75) is 118 Å². The van der Waals surface area contributed by atoms with Crippen LogP contribution in [0.3, 0.4) is 0 Å². The highest BCUT2D eigenvalue weighted by Crippen LogP contribution is 2.09. The van der Waals surface area contributed by atoms with Gasteiger partial charge in [-0.15, -0.1) is 0 Å². The highest BCUT2D eigenvalue weighted by molar-refractivity contribution is 5.60. The topological polar surface area (TPSA) is 42.0 Å². The molecule has 0 radical (unpaired) electrons. The number of hydrogen-bond donors (Lipinski definition) is 0. The third kappa shape index (κ3) is 16.9. The average Bonchev–Trinajstić information content (AvgIpc) is 2.72. The SMILES string of the molecule is CCCCN(CCCC)CCC(C)OC(=O)OC(C)CCN(CCCC)CCCC. The van der Waals surface area contributed by atoms with Gasteiger partial charge < -0.3 is 19.3 Å². The van der Waals surface area contributed by atoms with E-state index in [0.717, 1.165) is 52.1 Å². The molecule has 0 aromatic heterocycles. The third-order valence-corrected chi connectivity index (χ3v) is 5.61. The van der Waals surface area contributed by atoms with Gasteiger partial charge in [-0.2, -0.15) is 0 Å². The molecule has 0 N–H and O–H groups in total. The van der Waals surface area contributed by atoms with Crippen LogP contribution in [0.25, 0.3) is 0 Å². The predicted molar refractivity (Wildman–Crippen MR) is 128 cm³/mol. The second kappa shape index (κ2) is 20.1. The van der Waals surface area contributed by atoms with Crippen molar-refractivity contribution in [1.29, 1.82) is 0 Å². The molecule has 2 atom stereocenters. The van der Waals surface area contributed by atoms with Crippen molar-refractivity contribution in [3.8, 4) is 0 Å². The normalized spacial score (nSPS) is 13.6. The fourth-order valence-electron chi connectivity index (χ4n) is 3.40. The number of hydrogen-bond acceptors (Lipinski definition) is 5. The van der Waals surface area contributed by atoms with E-state index in [1.165, 1.54) is 51.4 Å². The fraction of sp³-hybridized carbons (Fsp3) is 0.960. The Balaban J connectivity index is 4.19. The first-order chi connectivity index (χ1) is 14.5. The van der Waals surface area contributed by atoms with Crippen LogP contribution in [-0.2, 0) is 9.47 Å². The zero-order valence-corrected chi connectivity index (χ0v) is 21.1. The Labute approximate surface area is 187 Å². The van der Waals surface area contributed by atoms with Gasteiger partial charge in [0.2, 0.25) is 0 Å². The van der Waals surface area contributed by atoms with Crippen LogP contribution < -0.4 is 0 Å². The Kier molecular flexibility index (Phi) is 19.6. The molecule has 0 aliphatic rings. The van der Waals surface area contributed by atoms with Gasteiger partial charge in [0.15, 0.2) is 0 Å². The minimum Gasteiger partial charge on any atom is -0.431 e. The van der Waals surface area contributed by atoms with Crippen LogP contribution >= 0.6 is 0 Å². The molecule has 0 aliphatic heterocycles. The Hall–Kier alpha value is -0.810. The molecule has 0 fully saturated rings. The summed E-state index contributed by atoms with van der Waals surface area (Å²) in [6, 6.07) is 0. The maximum Gasteiger partial charge on any atom is 0.508 e. The van der Waals surface area contributed by atoms with Crippen LogP contribution in [0, 0.1) is 0 Å². The second-order valence-electron chi connectivity index (χ2n) is 8.78. The molecule has 0 aromatic carbocycles. The van der Waals surface area contributed by atoms with E-state index in [1.807, 2.05) is 13.8 Å². The number of carbonyl (C=O) groups is 1. The summed E-state index contributed by atoms with van der Waals surface area (Å²) in [6.07, 6.45) is 10.8. The van der Waals surface area contributed by atoms with Gasteiger partial charge in [0.05, 0.1) is 0 Å². The molecule has 180 valence electrons. The molecule has 2 unspecified atom stereocenters. The number of rotatable bonds is 20. The number of nitrogens with zero attached hydrogens (tertiary/aromatic N) is 2. The van der Waals surface area contributed by atoms with Gasteiger partial charge in [0, 0.05) is 13.1 Å². The van der Waals surface area contributed by atoms with Gasteiger partial charge in [-0.05, 0) is 78.6 Å². The lowest BCUT2D eigenvalue weighted by atomic mass is 10.2. The van der Waals surface area contributed by atoms with Crippen molar-refractivity contribution in [2.75, 3.05) is 39.3 Å². The largest absolute Gasteiger partial charge is 0.508 e. The molecular weight excluding hydrogens is 376 g/mol. The number of unbranched alkanes of at least 4 members (excludes halogenated alkanes) is 4. The Bertz CT molecular complexity index is 343. The van der Waals surface area contributed by atoms with Gasteiger partial charge >= 0.3 is 6.16 Å². The summed E-state index contributed by atoms with van der Waals surface area (Å²) in [5.74, 6) is 0. The lowest BCUT2D eigenvalue weighted by Crippen LogP contribution is -2.31. The molecule has 0 rings (SSSR count). The van der Waals surface area contributed by atoms with E-state index in [9.17, 15) is 4.79 Å². The molecular formula is C25H52N2O3. The Morgan fingerprint density at radius 3 is 1.17 bits per heavy atom. The van der Waals surface area contributed by atoms with Crippen molar-refractivity contribution in [1.82, 2.24) is 9.80 Å². The zero-order chi connectivity index (χ0) is 22.6. The lowest BCUT2D eigenvalue weighted by molar-refractivity contribution is -0.000611. The van der Waals surface area contributed by atoms with E-state index in [1.54, 1.807) is 0 Å². The first-order valence-corrected chi connectivity index (χ1v) is 12.8. The minimum absolute atomic E-state index is 0.110. The zero-order valence-electron chi connectivity index (χ0n) is 21.1. The third-order valence-electron chi connectivity index (χ3n) is 5.61. The molecule has 0 amide bonds. The van der Waals surface area contributed by atoms with E-state index in [0.29, 0.717) is 0 Å². The summed E-state index contributed by atoms with van der Waals surface area (Å²) in [6.45, 7) is 19.4. The van der Waals surface area contributed by atoms with Gasteiger partial charge in [-0.1, -0.05) is 53.4 Å². The molecule has 0 spiro atoms. The maximum absolute atomic E-state index is 12.2. The summed E-state index contributed by atoms with van der Waals surface area (Å²) in [5.41, 5.74) is 0. The highest BCUT2D eigenvalue weighted by Gasteiger charge is 2.16. The fourth-order valence-corrected chi connectivity index (χ4v) is 3.40. The Morgan fingerprint density at radius 2 is 0.900 bits per heavy atom. The average molecular weight is 429 g/mol. The molecule has 0 heterocycles. The Morgan fingerprint density at radius 1 is 0.600 bits per heavy atom. The predicted octanol–water partition coefficient (Wildman–Crippen LogP) is 6.50. The standard InChI is InChI=1S/C25H52N2O3/c1-7-11-17-26(18-12-8-2)21-15-23(5)29-25(28)30-24(6)16-22-27(19-13-9-3)20-14-10-4/h23-24H,7-22H2,1-6H3. The van der Waals surface area contributed by atoms with Gasteiger partial charge in [0.1, 0.15) is 12.2 Å². The number of carbonyl (C=O) groups excluding carboxylic acids is 1. The van der Waals surface area contributed by atoms with E-state index in [4.69, 9.17) is 9.47 Å². The van der Waals surface area contributed by atoms with Crippen molar-refractivity contribution < 1.29 is 14.3 Å². The molecule has 0 aromatic rings. The first-order valence-electron chi connectivity index (χ1n) is 12.8. The first kappa shape index (κ1) is 29.2. The van der Waals surface area contributed by atoms with Crippen molar-refractivity contribution in [3.05, 3.63) is 0 Å². The van der Waals surface area contributed by atoms with Crippen LogP contribution in [0.4, 0.5) is 4.79 Å². The summed E-state index contributed by atoms with van der Waals surface area (Å²) < 4.78 is 11.0. The van der Waals surface area contributed by atoms with Crippen LogP contribution in [0.15, 0.2) is 0 Å². The molecule has 5 heteroatoms. The highest BCUT2D eigenvalue weighted by atomic mass is 16.7. The van der Waals surface area contributed by atoms with Gasteiger partial charge in [0.25, 0.3) is 0 Å². The minimum atomic E-state index is -0.516. The van der Waals surface area contributed by atoms with E-state index < -0.39 is 6.16 Å². The summed E-state index contributed by atoms with van der Waals surface area (Å²) in [7, 11) is 0. The quantitative estimate of drug-likeness (QED) is 0.207. The van der Waals surface area contributed by atoms with Crippen molar-refractivity contribution in [2.24, 2.45) is 0 Å². The maximum atomic E-state index is 12.2. The van der Waals surface area contributed by atoms with E-state index in [2.05, 4.69) is 37.5 Å². The molecule has 0 saturated carbocycles. The van der Waals surface area contributed by atoms with Crippen LogP contribution in [0.5, 0.6) is 0 Å². The molecule has 0 bridgehead atoms. The van der Waals surface area contributed by atoms with Crippen LogP contribution in [-0.4, -0.2) is 67.4 Å². The molecule has 30 heavy (non-hydrogen) atoms. The van der Waals surface area contributed by atoms with Crippen LogP contribution in [0.2, 0.25) is 0 Å². The molecule has 0 saturated heterocycles. The molecule has 0 aliphatic carbocycles. The van der Waals surface area contributed by atoms with E-state index in [-0.39, 0.29) is 12.2 Å². The van der Waals surface area contributed by atoms with Crippen molar-refractivity contribution >= 4 is 6.16 Å². The summed E-state index contributed by atoms with van der Waals surface area (Å²) in [5, 5.41) is 0. The van der Waals surface area contributed by atoms with Crippen molar-refractivity contribution in [3.63, 3.8) is 0 Å². The van der Waals surface area contributed by atoms with E-state index >= 15 is 0 Å². The summed E-state index contributed by atoms with van der Waals surface area (Å²) >= 11 is 0. The monoisotopic (exact) mass is 428 g/mol. The lowest BCUT2D eigenvalue weighted by Gasteiger charge is -2.25. The second-order valence-corrected chi connectivity index (χ2v) is 8.78.